The molecule has 1 aliphatic carbocycles. The van der Waals surface area contributed by atoms with E-state index in [-0.39, 0.29) is 0 Å². The molecule has 0 unspecified atom stereocenters. The zero-order chi connectivity index (χ0) is 13.9. The van der Waals surface area contributed by atoms with Gasteiger partial charge in [0.25, 0.3) is 0 Å². The minimum absolute atomic E-state index is 0.451. The Kier molecular flexibility index (Phi) is 3.75. The van der Waals surface area contributed by atoms with Crippen LogP contribution in [0.3, 0.4) is 0 Å². The Morgan fingerprint density at radius 3 is 2.55 bits per heavy atom. The van der Waals surface area contributed by atoms with Gasteiger partial charge in [0.1, 0.15) is 17.8 Å². The molecule has 0 amide bonds. The lowest BCUT2D eigenvalue weighted by Crippen LogP contribution is -2.02. The van der Waals surface area contributed by atoms with E-state index in [1.54, 1.807) is 18.2 Å². The van der Waals surface area contributed by atoms with Gasteiger partial charge in [0.2, 0.25) is 0 Å². The van der Waals surface area contributed by atoms with E-state index in [2.05, 4.69) is 12.1 Å². The molecule has 0 spiro atoms. The number of fused-ring (bicyclic) bond motifs is 1. The maximum atomic E-state index is 10.7. The summed E-state index contributed by atoms with van der Waals surface area (Å²) in [7, 11) is 0. The number of rotatable bonds is 3. The Balaban J connectivity index is 1.86. The van der Waals surface area contributed by atoms with Crippen LogP contribution in [0.2, 0.25) is 5.02 Å². The van der Waals surface area contributed by atoms with E-state index in [0.717, 1.165) is 24.9 Å². The summed E-state index contributed by atoms with van der Waals surface area (Å²) >= 11 is 6.12. The van der Waals surface area contributed by atoms with Gasteiger partial charge >= 0.3 is 0 Å². The summed E-state index contributed by atoms with van der Waals surface area (Å²) in [5.74, 6) is 1.37. The first-order chi connectivity index (χ1) is 9.76. The Hall–Kier alpha value is -1.80. The number of aryl methyl sites for hydroxylation is 2. The summed E-state index contributed by atoms with van der Waals surface area (Å²) in [5.41, 5.74) is 3.34. The molecular weight excluding hydrogens is 272 g/mol. The third-order valence-electron chi connectivity index (χ3n) is 3.64. The lowest BCUT2D eigenvalue weighted by atomic mass is 9.92. The van der Waals surface area contributed by atoms with Crippen molar-refractivity contribution in [1.29, 1.82) is 0 Å². The Bertz CT molecular complexity index is 649. The molecule has 0 heterocycles. The number of hydrogen-bond donors (Lipinski definition) is 0. The van der Waals surface area contributed by atoms with Crippen LogP contribution in [-0.2, 0) is 12.8 Å². The number of ether oxygens (including phenoxy) is 1. The smallest absolute Gasteiger partial charge is 0.150 e. The third kappa shape index (κ3) is 2.70. The van der Waals surface area contributed by atoms with Crippen LogP contribution in [0.5, 0.6) is 11.5 Å². The molecule has 2 aromatic rings. The minimum Gasteiger partial charge on any atom is -0.456 e. The number of carbonyl (C=O) groups excluding carboxylic acids is 1. The van der Waals surface area contributed by atoms with Crippen LogP contribution in [0.1, 0.15) is 34.3 Å². The van der Waals surface area contributed by atoms with Crippen LogP contribution in [0, 0.1) is 0 Å². The highest BCUT2D eigenvalue weighted by molar-refractivity contribution is 6.32. The van der Waals surface area contributed by atoms with Gasteiger partial charge in [-0.3, -0.25) is 4.79 Å². The maximum Gasteiger partial charge on any atom is 0.150 e. The number of carbonyl (C=O) groups is 1. The second-order valence-corrected chi connectivity index (χ2v) is 5.45. The van der Waals surface area contributed by atoms with Gasteiger partial charge in [0.15, 0.2) is 0 Å². The minimum atomic E-state index is 0.451. The van der Waals surface area contributed by atoms with E-state index in [1.165, 1.54) is 24.0 Å². The third-order valence-corrected chi connectivity index (χ3v) is 3.94. The topological polar surface area (TPSA) is 26.3 Å². The second-order valence-electron chi connectivity index (χ2n) is 5.05. The largest absolute Gasteiger partial charge is 0.456 e. The molecule has 3 heteroatoms. The molecule has 1 aliphatic rings. The van der Waals surface area contributed by atoms with Crippen LogP contribution in [-0.4, -0.2) is 6.29 Å². The predicted molar refractivity (Wildman–Crippen MR) is 80.0 cm³/mol. The van der Waals surface area contributed by atoms with Crippen molar-refractivity contribution >= 4 is 17.9 Å². The molecule has 0 aromatic heterocycles. The monoisotopic (exact) mass is 286 g/mol. The highest BCUT2D eigenvalue weighted by Gasteiger charge is 2.11. The zero-order valence-corrected chi connectivity index (χ0v) is 11.8. The van der Waals surface area contributed by atoms with E-state index >= 15 is 0 Å². The van der Waals surface area contributed by atoms with Crippen LogP contribution in [0.25, 0.3) is 0 Å². The summed E-state index contributed by atoms with van der Waals surface area (Å²) in [6, 6.07) is 11.3. The van der Waals surface area contributed by atoms with Gasteiger partial charge in [-0.05, 0) is 67.1 Å². The number of aldehydes is 1. The number of hydrogen-bond acceptors (Lipinski definition) is 2. The van der Waals surface area contributed by atoms with E-state index < -0.39 is 0 Å². The second kappa shape index (κ2) is 5.68. The fourth-order valence-corrected chi connectivity index (χ4v) is 2.80. The quantitative estimate of drug-likeness (QED) is 0.756. The summed E-state index contributed by atoms with van der Waals surface area (Å²) in [6.45, 7) is 0. The van der Waals surface area contributed by atoms with Crippen LogP contribution >= 0.6 is 11.6 Å². The van der Waals surface area contributed by atoms with Gasteiger partial charge in [0, 0.05) is 5.56 Å². The molecule has 102 valence electrons. The molecule has 0 aliphatic heterocycles. The molecule has 2 aromatic carbocycles. The van der Waals surface area contributed by atoms with Crippen LogP contribution in [0.4, 0.5) is 0 Å². The average Bonchev–Trinajstić information content (AvgIpc) is 2.49. The van der Waals surface area contributed by atoms with Gasteiger partial charge in [-0.15, -0.1) is 0 Å². The Morgan fingerprint density at radius 2 is 1.80 bits per heavy atom. The standard InChI is InChI=1S/C17H15ClO2/c18-16-9-12(11-19)5-8-17(16)20-15-7-6-13-3-1-2-4-14(13)10-15/h5-11H,1-4H2. The SMILES string of the molecule is O=Cc1ccc(Oc2ccc3c(c2)CCCC3)c(Cl)c1. The predicted octanol–water partition coefficient (Wildman–Crippen LogP) is 4.82. The van der Waals surface area contributed by atoms with Crippen molar-refractivity contribution in [2.45, 2.75) is 25.7 Å². The molecule has 2 nitrogen and oxygen atoms in total. The van der Waals surface area contributed by atoms with E-state index in [9.17, 15) is 4.79 Å². The molecule has 3 rings (SSSR count). The molecule has 0 bridgehead atoms. The molecule has 0 atom stereocenters. The van der Waals surface area contributed by atoms with Crippen molar-refractivity contribution in [2.75, 3.05) is 0 Å². The van der Waals surface area contributed by atoms with Gasteiger partial charge in [-0.1, -0.05) is 17.7 Å². The lowest BCUT2D eigenvalue weighted by Gasteiger charge is -2.17. The van der Waals surface area contributed by atoms with Crippen molar-refractivity contribution in [2.24, 2.45) is 0 Å². The molecule has 0 saturated carbocycles. The fourth-order valence-electron chi connectivity index (χ4n) is 2.57. The van der Waals surface area contributed by atoms with Crippen molar-refractivity contribution in [3.63, 3.8) is 0 Å². The maximum absolute atomic E-state index is 10.7. The molecule has 0 fully saturated rings. The van der Waals surface area contributed by atoms with Crippen molar-refractivity contribution in [3.05, 3.63) is 58.1 Å². The van der Waals surface area contributed by atoms with Crippen molar-refractivity contribution < 1.29 is 9.53 Å². The van der Waals surface area contributed by atoms with Crippen molar-refractivity contribution in [3.8, 4) is 11.5 Å². The highest BCUT2D eigenvalue weighted by atomic mass is 35.5. The molecule has 0 saturated heterocycles. The summed E-state index contributed by atoms with van der Waals surface area (Å²) in [5, 5.41) is 0.451. The van der Waals surface area contributed by atoms with Crippen LogP contribution < -0.4 is 4.74 Å². The van der Waals surface area contributed by atoms with E-state index in [1.807, 2.05) is 6.07 Å². The normalized spacial score (nSPS) is 13.7. The van der Waals surface area contributed by atoms with Gasteiger partial charge in [-0.2, -0.15) is 0 Å². The van der Waals surface area contributed by atoms with Gasteiger partial charge in [0.05, 0.1) is 5.02 Å². The number of halogens is 1. The Labute approximate surface area is 123 Å². The van der Waals surface area contributed by atoms with E-state index in [4.69, 9.17) is 16.3 Å². The molecule has 0 radical (unpaired) electrons. The Morgan fingerprint density at radius 1 is 1.00 bits per heavy atom. The van der Waals surface area contributed by atoms with E-state index in [0.29, 0.717) is 16.3 Å². The molecule has 20 heavy (non-hydrogen) atoms. The highest BCUT2D eigenvalue weighted by Crippen LogP contribution is 2.32. The van der Waals surface area contributed by atoms with Gasteiger partial charge in [-0.25, -0.2) is 0 Å². The first-order valence-electron chi connectivity index (χ1n) is 6.80. The average molecular weight is 287 g/mol. The summed E-state index contributed by atoms with van der Waals surface area (Å²) < 4.78 is 5.83. The summed E-state index contributed by atoms with van der Waals surface area (Å²) in [6.07, 6.45) is 5.56. The molecular formula is C17H15ClO2. The first-order valence-corrected chi connectivity index (χ1v) is 7.18. The zero-order valence-electron chi connectivity index (χ0n) is 11.1. The lowest BCUT2D eigenvalue weighted by molar-refractivity contribution is 0.112. The fraction of sp³-hybridized carbons (Fsp3) is 0.235. The molecule has 0 N–H and O–H groups in total. The first kappa shape index (κ1) is 13.2. The number of benzene rings is 2. The van der Waals surface area contributed by atoms with Crippen molar-refractivity contribution in [1.82, 2.24) is 0 Å². The van der Waals surface area contributed by atoms with Gasteiger partial charge < -0.3 is 4.74 Å². The van der Waals surface area contributed by atoms with Crippen LogP contribution in [0.15, 0.2) is 36.4 Å². The summed E-state index contributed by atoms with van der Waals surface area (Å²) in [4.78, 5) is 10.7.